The summed E-state index contributed by atoms with van der Waals surface area (Å²) in [6.45, 7) is 0.245. The summed E-state index contributed by atoms with van der Waals surface area (Å²) >= 11 is 1.31. The Morgan fingerprint density at radius 3 is 2.56 bits per heavy atom. The summed E-state index contributed by atoms with van der Waals surface area (Å²) in [5, 5.41) is 21.2. The molecule has 1 aromatic carbocycles. The number of amides is 2. The van der Waals surface area contributed by atoms with Gasteiger partial charge in [0, 0.05) is 31.7 Å². The van der Waals surface area contributed by atoms with E-state index in [0.717, 1.165) is 0 Å². The predicted molar refractivity (Wildman–Crippen MR) is 96.7 cm³/mol. The highest BCUT2D eigenvalue weighted by atomic mass is 32.2. The van der Waals surface area contributed by atoms with Crippen molar-refractivity contribution in [2.75, 3.05) is 18.8 Å². The van der Waals surface area contributed by atoms with Gasteiger partial charge in [-0.05, 0) is 18.1 Å². The molecule has 0 saturated carbocycles. The smallest absolute Gasteiger partial charge is 0.335 e. The highest BCUT2D eigenvalue weighted by Crippen LogP contribution is 2.26. The number of carbonyl (C=O) groups excluding carboxylic acids is 2. The Balaban J connectivity index is 1.55. The monoisotopic (exact) mass is 396 g/mol. The number of aliphatic hydroxyl groups is 1. The van der Waals surface area contributed by atoms with Crippen LogP contribution in [0.1, 0.15) is 18.4 Å². The van der Waals surface area contributed by atoms with Crippen LogP contribution in [0, 0.1) is 5.82 Å². The molecule has 0 spiro atoms. The number of benzene rings is 1. The molecule has 3 N–H and O–H groups in total. The van der Waals surface area contributed by atoms with Crippen molar-refractivity contribution in [3.63, 3.8) is 0 Å². The van der Waals surface area contributed by atoms with E-state index < -0.39 is 22.9 Å². The summed E-state index contributed by atoms with van der Waals surface area (Å²) in [6, 6.07) is 5.59. The fourth-order valence-corrected chi connectivity index (χ4v) is 4.44. The predicted octanol–water partition coefficient (Wildman–Crippen LogP) is 0.407. The molecule has 2 aliphatic rings. The topological polar surface area (TPSA) is 107 Å². The van der Waals surface area contributed by atoms with Crippen molar-refractivity contribution in [3.8, 4) is 0 Å². The molecular weight excluding hydrogens is 375 g/mol. The van der Waals surface area contributed by atoms with Crippen molar-refractivity contribution < 1.29 is 29.0 Å². The van der Waals surface area contributed by atoms with Gasteiger partial charge >= 0.3 is 5.97 Å². The van der Waals surface area contributed by atoms with Gasteiger partial charge in [0.2, 0.25) is 11.8 Å². The molecule has 146 valence electrons. The molecule has 0 aliphatic carbocycles. The Kier molecular flexibility index (Phi) is 5.71. The molecule has 7 nitrogen and oxygen atoms in total. The Morgan fingerprint density at radius 1 is 1.30 bits per heavy atom. The van der Waals surface area contributed by atoms with Crippen LogP contribution >= 0.6 is 11.8 Å². The lowest BCUT2D eigenvalue weighted by atomic mass is 9.91. The maximum atomic E-state index is 13.8. The van der Waals surface area contributed by atoms with Gasteiger partial charge in [-0.3, -0.25) is 9.59 Å². The second kappa shape index (κ2) is 7.85. The van der Waals surface area contributed by atoms with Gasteiger partial charge in [-0.2, -0.15) is 0 Å². The first-order chi connectivity index (χ1) is 12.8. The minimum atomic E-state index is -1.80. The third-order valence-electron chi connectivity index (χ3n) is 5.03. The summed E-state index contributed by atoms with van der Waals surface area (Å²) in [5.74, 6) is -1.88. The van der Waals surface area contributed by atoms with E-state index in [2.05, 4.69) is 5.32 Å². The van der Waals surface area contributed by atoms with Crippen LogP contribution in [0.5, 0.6) is 0 Å². The first kappa shape index (κ1) is 19.6. The average Bonchev–Trinajstić information content (AvgIpc) is 2.65. The number of aliphatic carboxylic acids is 1. The SMILES string of the molecule is O=C1NC(C(=O)N2CCC(O)(C(=O)O)CC2)CSC1Cc1ccccc1F. The molecule has 2 atom stereocenters. The van der Waals surface area contributed by atoms with Crippen LogP contribution in [0.3, 0.4) is 0 Å². The van der Waals surface area contributed by atoms with Crippen molar-refractivity contribution in [2.24, 2.45) is 0 Å². The van der Waals surface area contributed by atoms with E-state index in [0.29, 0.717) is 11.3 Å². The third kappa shape index (κ3) is 4.24. The summed E-state index contributed by atoms with van der Waals surface area (Å²) < 4.78 is 13.8. The van der Waals surface area contributed by atoms with E-state index in [1.165, 1.54) is 22.7 Å². The normalized spacial score (nSPS) is 25.0. The van der Waals surface area contributed by atoms with E-state index in [-0.39, 0.29) is 50.0 Å². The maximum absolute atomic E-state index is 13.8. The van der Waals surface area contributed by atoms with Crippen LogP contribution in [0.15, 0.2) is 24.3 Å². The third-order valence-corrected chi connectivity index (χ3v) is 6.34. The number of carboxylic acids is 1. The lowest BCUT2D eigenvalue weighted by Crippen LogP contribution is -2.58. The largest absolute Gasteiger partial charge is 0.479 e. The Hall–Kier alpha value is -2.13. The van der Waals surface area contributed by atoms with Crippen molar-refractivity contribution in [2.45, 2.75) is 36.2 Å². The van der Waals surface area contributed by atoms with Crippen molar-refractivity contribution in [1.82, 2.24) is 10.2 Å². The van der Waals surface area contributed by atoms with E-state index >= 15 is 0 Å². The van der Waals surface area contributed by atoms with Crippen LogP contribution in [0.4, 0.5) is 4.39 Å². The molecule has 1 aromatic rings. The number of halogens is 1. The molecule has 27 heavy (non-hydrogen) atoms. The van der Waals surface area contributed by atoms with Gasteiger partial charge in [0.25, 0.3) is 0 Å². The zero-order valence-electron chi connectivity index (χ0n) is 14.6. The number of rotatable bonds is 4. The molecule has 2 heterocycles. The van der Waals surface area contributed by atoms with Crippen molar-refractivity contribution >= 4 is 29.5 Å². The molecule has 9 heteroatoms. The summed E-state index contributed by atoms with van der Waals surface area (Å²) in [6.07, 6.45) is 0.162. The summed E-state index contributed by atoms with van der Waals surface area (Å²) in [5.41, 5.74) is -1.34. The lowest BCUT2D eigenvalue weighted by molar-refractivity contribution is -0.165. The average molecular weight is 396 g/mol. The Bertz CT molecular complexity index is 751. The summed E-state index contributed by atoms with van der Waals surface area (Å²) in [7, 11) is 0. The number of hydrogen-bond acceptors (Lipinski definition) is 5. The van der Waals surface area contributed by atoms with Gasteiger partial charge in [-0.15, -0.1) is 11.8 Å². The van der Waals surface area contributed by atoms with Gasteiger partial charge in [-0.1, -0.05) is 18.2 Å². The highest BCUT2D eigenvalue weighted by molar-refractivity contribution is 8.00. The molecule has 2 unspecified atom stereocenters. The van der Waals surface area contributed by atoms with E-state index in [9.17, 15) is 23.9 Å². The molecule has 2 saturated heterocycles. The van der Waals surface area contributed by atoms with Gasteiger partial charge < -0.3 is 20.4 Å². The highest BCUT2D eigenvalue weighted by Gasteiger charge is 2.42. The molecule has 0 radical (unpaired) electrons. The number of nitrogens with one attached hydrogen (secondary N) is 1. The van der Waals surface area contributed by atoms with Crippen LogP contribution in [0.25, 0.3) is 0 Å². The minimum Gasteiger partial charge on any atom is -0.479 e. The lowest BCUT2D eigenvalue weighted by Gasteiger charge is -2.38. The van der Waals surface area contributed by atoms with Crippen LogP contribution in [-0.2, 0) is 20.8 Å². The molecule has 0 bridgehead atoms. The Morgan fingerprint density at radius 2 is 1.96 bits per heavy atom. The maximum Gasteiger partial charge on any atom is 0.335 e. The molecule has 2 amide bonds. The molecular formula is C18H21FN2O5S. The van der Waals surface area contributed by atoms with Gasteiger partial charge in [0.1, 0.15) is 11.9 Å². The van der Waals surface area contributed by atoms with Crippen LogP contribution < -0.4 is 5.32 Å². The molecule has 3 rings (SSSR count). The van der Waals surface area contributed by atoms with Gasteiger partial charge in [-0.25, -0.2) is 9.18 Å². The zero-order chi connectivity index (χ0) is 19.6. The van der Waals surface area contributed by atoms with Crippen LogP contribution in [-0.4, -0.2) is 68.6 Å². The first-order valence-corrected chi connectivity index (χ1v) is 9.75. The van der Waals surface area contributed by atoms with E-state index in [1.54, 1.807) is 18.2 Å². The molecule has 0 aromatic heterocycles. The van der Waals surface area contributed by atoms with Crippen molar-refractivity contribution in [1.29, 1.82) is 0 Å². The zero-order valence-corrected chi connectivity index (χ0v) is 15.4. The standard InChI is InChI=1S/C18H21FN2O5S/c19-12-4-2-1-3-11(12)9-14-15(22)20-13(10-27-14)16(23)21-7-5-18(26,6-8-21)17(24)25/h1-4,13-14,26H,5-10H2,(H,20,22)(H,24,25). The quantitative estimate of drug-likeness (QED) is 0.681. The number of thioether (sulfide) groups is 1. The minimum absolute atomic E-state index is 0.0439. The van der Waals surface area contributed by atoms with E-state index in [4.69, 9.17) is 5.11 Å². The number of likely N-dealkylation sites (tertiary alicyclic amines) is 1. The summed E-state index contributed by atoms with van der Waals surface area (Å²) in [4.78, 5) is 37.5. The van der Waals surface area contributed by atoms with Crippen molar-refractivity contribution in [3.05, 3.63) is 35.6 Å². The second-order valence-electron chi connectivity index (χ2n) is 6.84. The fraction of sp³-hybridized carbons (Fsp3) is 0.500. The van der Waals surface area contributed by atoms with Gasteiger partial charge in [0.15, 0.2) is 5.60 Å². The van der Waals surface area contributed by atoms with Gasteiger partial charge in [0.05, 0.1) is 5.25 Å². The molecule has 2 fully saturated rings. The number of nitrogens with zero attached hydrogens (tertiary/aromatic N) is 1. The number of carboxylic acid groups (broad SMARTS) is 1. The fourth-order valence-electron chi connectivity index (χ4n) is 3.27. The number of piperidine rings is 1. The van der Waals surface area contributed by atoms with Crippen LogP contribution in [0.2, 0.25) is 0 Å². The first-order valence-electron chi connectivity index (χ1n) is 8.70. The number of hydrogen-bond donors (Lipinski definition) is 3. The Labute approximate surface area is 159 Å². The molecule has 2 aliphatic heterocycles. The number of carbonyl (C=O) groups is 3. The van der Waals surface area contributed by atoms with E-state index in [1.807, 2.05) is 0 Å². The second-order valence-corrected chi connectivity index (χ2v) is 8.08.